The molecule has 10 rings (SSSR count). The highest BCUT2D eigenvalue weighted by Crippen LogP contribution is 2.39. The monoisotopic (exact) mass is 741 g/mol. The normalized spacial score (nSPS) is 11.1. The van der Waals surface area contributed by atoms with Crippen LogP contribution in [0.1, 0.15) is 0 Å². The summed E-state index contributed by atoms with van der Waals surface area (Å²) in [6.45, 7) is 0. The summed E-state index contributed by atoms with van der Waals surface area (Å²) in [4.78, 5) is 25.3. The van der Waals surface area contributed by atoms with Crippen molar-refractivity contribution in [3.05, 3.63) is 212 Å². The maximum absolute atomic E-state index is 5.17. The van der Waals surface area contributed by atoms with Gasteiger partial charge in [-0.25, -0.2) is 24.9 Å². The second kappa shape index (κ2) is 15.3. The van der Waals surface area contributed by atoms with Crippen LogP contribution < -0.4 is 0 Å². The van der Waals surface area contributed by atoms with E-state index in [4.69, 9.17) is 24.9 Å². The van der Waals surface area contributed by atoms with Gasteiger partial charge in [-0.05, 0) is 45.2 Å². The summed E-state index contributed by atoms with van der Waals surface area (Å²) in [7, 11) is 0. The highest BCUT2D eigenvalue weighted by Gasteiger charge is 2.19. The number of rotatable bonds is 8. The zero-order valence-corrected chi connectivity index (χ0v) is 31.4. The van der Waals surface area contributed by atoms with E-state index in [2.05, 4.69) is 115 Å². The third kappa shape index (κ3) is 6.93. The van der Waals surface area contributed by atoms with Crippen LogP contribution in [0.25, 0.3) is 101 Å². The summed E-state index contributed by atoms with van der Waals surface area (Å²) < 4.78 is 0. The summed E-state index contributed by atoms with van der Waals surface area (Å²) in [5.74, 6) is 2.59. The predicted octanol–water partition coefficient (Wildman–Crippen LogP) is 13.2. The standard InChI is InChI=1S/C53H35N5/c1-5-17-38(18-6-1)47-35-48(55-50(54-47)40-19-7-2-8-20-40)39-30-28-36(29-31-39)43-25-15-26-44(34-43)46-33-32-37-16-13-14-27-45(37)49(46)53-57-51(41-21-9-3-10-22-41)56-52(58-53)42-23-11-4-12-24-42/h1-35H. The fraction of sp³-hybridized carbons (Fsp3) is 0. The molecular formula is C53H35N5. The van der Waals surface area contributed by atoms with E-state index in [1.54, 1.807) is 0 Å². The molecule has 0 N–H and O–H groups in total. The molecule has 272 valence electrons. The summed E-state index contributed by atoms with van der Waals surface area (Å²) in [5, 5.41) is 2.19. The zero-order valence-electron chi connectivity index (χ0n) is 31.4. The van der Waals surface area contributed by atoms with Crippen molar-refractivity contribution in [1.29, 1.82) is 0 Å². The molecule has 0 aliphatic rings. The molecule has 58 heavy (non-hydrogen) atoms. The van der Waals surface area contributed by atoms with Crippen molar-refractivity contribution < 1.29 is 0 Å². The molecule has 5 heteroatoms. The van der Waals surface area contributed by atoms with Crippen LogP contribution in [0.3, 0.4) is 0 Å². The molecular weight excluding hydrogens is 707 g/mol. The Hall–Kier alpha value is -7.89. The second-order valence-corrected chi connectivity index (χ2v) is 14.1. The molecule has 0 saturated carbocycles. The molecule has 0 saturated heterocycles. The van der Waals surface area contributed by atoms with E-state index in [1.165, 1.54) is 0 Å². The number of hydrogen-bond acceptors (Lipinski definition) is 5. The average Bonchev–Trinajstić information content (AvgIpc) is 3.32. The first-order valence-corrected chi connectivity index (χ1v) is 19.3. The second-order valence-electron chi connectivity index (χ2n) is 14.1. The van der Waals surface area contributed by atoms with Gasteiger partial charge in [0.1, 0.15) is 0 Å². The molecule has 2 heterocycles. The SMILES string of the molecule is c1ccc(-c2cc(-c3ccc(-c4cccc(-c5ccc6ccccc6c5-c5nc(-c6ccccc6)nc(-c6ccccc6)n5)c4)cc3)nc(-c3ccccc3)n2)cc1. The molecule has 0 radical (unpaired) electrons. The van der Waals surface area contributed by atoms with Gasteiger partial charge in [0.15, 0.2) is 23.3 Å². The van der Waals surface area contributed by atoms with Crippen LogP contribution in [-0.4, -0.2) is 24.9 Å². The Morgan fingerprint density at radius 2 is 0.672 bits per heavy atom. The van der Waals surface area contributed by atoms with Crippen LogP contribution in [0.2, 0.25) is 0 Å². The number of aromatic nitrogens is 5. The number of nitrogens with zero attached hydrogens (tertiary/aromatic N) is 5. The first-order chi connectivity index (χ1) is 28.7. The van der Waals surface area contributed by atoms with Crippen LogP contribution in [-0.2, 0) is 0 Å². The third-order valence-corrected chi connectivity index (χ3v) is 10.4. The van der Waals surface area contributed by atoms with Crippen LogP contribution in [0, 0.1) is 0 Å². The lowest BCUT2D eigenvalue weighted by atomic mass is 9.91. The van der Waals surface area contributed by atoms with Crippen molar-refractivity contribution >= 4 is 10.8 Å². The minimum Gasteiger partial charge on any atom is -0.228 e. The molecule has 2 aromatic heterocycles. The van der Waals surface area contributed by atoms with Crippen molar-refractivity contribution in [2.75, 3.05) is 0 Å². The number of benzene rings is 8. The molecule has 0 amide bonds. The summed E-state index contributed by atoms with van der Waals surface area (Å²) in [6, 6.07) is 72.9. The van der Waals surface area contributed by atoms with Gasteiger partial charge in [0, 0.05) is 33.4 Å². The molecule has 8 aromatic carbocycles. The highest BCUT2D eigenvalue weighted by atomic mass is 15.0. The van der Waals surface area contributed by atoms with E-state index in [-0.39, 0.29) is 0 Å². The van der Waals surface area contributed by atoms with Gasteiger partial charge in [-0.1, -0.05) is 200 Å². The summed E-state index contributed by atoms with van der Waals surface area (Å²) in [5.41, 5.74) is 12.0. The molecule has 0 aliphatic carbocycles. The fourth-order valence-corrected chi connectivity index (χ4v) is 7.44. The van der Waals surface area contributed by atoms with E-state index < -0.39 is 0 Å². The molecule has 0 bridgehead atoms. The summed E-state index contributed by atoms with van der Waals surface area (Å²) >= 11 is 0. The van der Waals surface area contributed by atoms with E-state index in [9.17, 15) is 0 Å². The van der Waals surface area contributed by atoms with E-state index >= 15 is 0 Å². The van der Waals surface area contributed by atoms with Crippen LogP contribution in [0.15, 0.2) is 212 Å². The van der Waals surface area contributed by atoms with Crippen LogP contribution in [0.4, 0.5) is 0 Å². The average molecular weight is 742 g/mol. The predicted molar refractivity (Wildman–Crippen MR) is 236 cm³/mol. The Morgan fingerprint density at radius 3 is 1.26 bits per heavy atom. The molecule has 5 nitrogen and oxygen atoms in total. The van der Waals surface area contributed by atoms with Gasteiger partial charge in [0.25, 0.3) is 0 Å². The molecule has 0 unspecified atom stereocenters. The highest BCUT2D eigenvalue weighted by molar-refractivity contribution is 6.03. The van der Waals surface area contributed by atoms with Gasteiger partial charge in [-0.2, -0.15) is 0 Å². The Bertz CT molecular complexity index is 2910. The minimum atomic E-state index is 0.629. The minimum absolute atomic E-state index is 0.629. The number of fused-ring (bicyclic) bond motifs is 1. The van der Waals surface area contributed by atoms with Crippen molar-refractivity contribution in [1.82, 2.24) is 24.9 Å². The lowest BCUT2D eigenvalue weighted by Gasteiger charge is -2.15. The third-order valence-electron chi connectivity index (χ3n) is 10.4. The maximum Gasteiger partial charge on any atom is 0.165 e. The largest absolute Gasteiger partial charge is 0.228 e. The smallest absolute Gasteiger partial charge is 0.165 e. The molecule has 0 fully saturated rings. The molecule has 0 aliphatic heterocycles. The first kappa shape index (κ1) is 34.6. The lowest BCUT2D eigenvalue weighted by molar-refractivity contribution is 1.08. The Kier molecular flexibility index (Phi) is 9.14. The molecule has 10 aromatic rings. The van der Waals surface area contributed by atoms with Gasteiger partial charge in [0.2, 0.25) is 0 Å². The van der Waals surface area contributed by atoms with E-state index in [0.29, 0.717) is 23.3 Å². The Balaban J connectivity index is 1.07. The van der Waals surface area contributed by atoms with Gasteiger partial charge in [-0.15, -0.1) is 0 Å². The van der Waals surface area contributed by atoms with Crippen molar-refractivity contribution in [3.63, 3.8) is 0 Å². The van der Waals surface area contributed by atoms with E-state index in [1.807, 2.05) is 97.1 Å². The number of hydrogen-bond donors (Lipinski definition) is 0. The van der Waals surface area contributed by atoms with Gasteiger partial charge >= 0.3 is 0 Å². The fourth-order valence-electron chi connectivity index (χ4n) is 7.44. The topological polar surface area (TPSA) is 64.5 Å². The van der Waals surface area contributed by atoms with E-state index in [0.717, 1.165) is 77.8 Å². The maximum atomic E-state index is 5.17. The zero-order chi connectivity index (χ0) is 38.7. The van der Waals surface area contributed by atoms with Crippen LogP contribution >= 0.6 is 0 Å². The summed E-state index contributed by atoms with van der Waals surface area (Å²) in [6.07, 6.45) is 0. The molecule has 0 atom stereocenters. The van der Waals surface area contributed by atoms with Gasteiger partial charge < -0.3 is 0 Å². The lowest BCUT2D eigenvalue weighted by Crippen LogP contribution is -2.01. The van der Waals surface area contributed by atoms with Gasteiger partial charge in [-0.3, -0.25) is 0 Å². The first-order valence-electron chi connectivity index (χ1n) is 19.3. The molecule has 0 spiro atoms. The Labute approximate surface area is 337 Å². The van der Waals surface area contributed by atoms with Crippen molar-refractivity contribution in [2.24, 2.45) is 0 Å². The van der Waals surface area contributed by atoms with Crippen LogP contribution in [0.5, 0.6) is 0 Å². The van der Waals surface area contributed by atoms with Crippen molar-refractivity contribution in [3.8, 4) is 90.3 Å². The van der Waals surface area contributed by atoms with Gasteiger partial charge in [0.05, 0.1) is 11.4 Å². The quantitative estimate of drug-likeness (QED) is 0.155. The van der Waals surface area contributed by atoms with Crippen molar-refractivity contribution in [2.45, 2.75) is 0 Å². The Morgan fingerprint density at radius 1 is 0.241 bits per heavy atom.